The summed E-state index contributed by atoms with van der Waals surface area (Å²) in [7, 11) is 1.83. The van der Waals surface area contributed by atoms with Gasteiger partial charge in [-0.1, -0.05) is 18.3 Å². The summed E-state index contributed by atoms with van der Waals surface area (Å²) in [5, 5.41) is 3.84. The van der Waals surface area contributed by atoms with E-state index in [-0.39, 0.29) is 12.1 Å². The summed E-state index contributed by atoms with van der Waals surface area (Å²) in [5.74, 6) is -0.273. The van der Waals surface area contributed by atoms with Crippen molar-refractivity contribution in [2.24, 2.45) is 0 Å². The van der Waals surface area contributed by atoms with Crippen LogP contribution in [0.2, 0.25) is 0 Å². The van der Waals surface area contributed by atoms with Crippen LogP contribution in [0.3, 0.4) is 0 Å². The van der Waals surface area contributed by atoms with Gasteiger partial charge in [-0.25, -0.2) is 9.78 Å². The fourth-order valence-electron chi connectivity index (χ4n) is 1.49. The lowest BCUT2D eigenvalue weighted by Crippen LogP contribution is -2.13. The van der Waals surface area contributed by atoms with Gasteiger partial charge in [-0.2, -0.15) is 0 Å². The highest BCUT2D eigenvalue weighted by atomic mass is 32.1. The number of nitrogens with zero attached hydrogens (tertiary/aromatic N) is 1. The number of ether oxygens (including phenoxy) is 1. The van der Waals surface area contributed by atoms with Gasteiger partial charge in [0.2, 0.25) is 0 Å². The Hall–Kier alpha value is -1.62. The molecule has 2 aromatic rings. The second kappa shape index (κ2) is 5.35. The molecule has 0 fully saturated rings. The van der Waals surface area contributed by atoms with Crippen molar-refractivity contribution in [3.05, 3.63) is 23.8 Å². The summed E-state index contributed by atoms with van der Waals surface area (Å²) in [4.78, 5) is 16.2. The van der Waals surface area contributed by atoms with Gasteiger partial charge >= 0.3 is 5.97 Å². The molecule has 0 amide bonds. The molecular formula is C13H16N2O2S. The van der Waals surface area contributed by atoms with E-state index in [0.717, 1.165) is 21.8 Å². The van der Waals surface area contributed by atoms with E-state index < -0.39 is 0 Å². The number of anilines is 1. The number of esters is 1. The van der Waals surface area contributed by atoms with Crippen LogP contribution in [0.1, 0.15) is 30.6 Å². The van der Waals surface area contributed by atoms with Crippen molar-refractivity contribution in [3.8, 4) is 0 Å². The first kappa shape index (κ1) is 12.8. The van der Waals surface area contributed by atoms with E-state index in [4.69, 9.17) is 4.74 Å². The van der Waals surface area contributed by atoms with E-state index in [1.165, 1.54) is 11.3 Å². The third-order valence-electron chi connectivity index (χ3n) is 2.72. The van der Waals surface area contributed by atoms with Crippen LogP contribution < -0.4 is 5.32 Å². The second-order valence-electron chi connectivity index (χ2n) is 4.08. The first-order valence-electron chi connectivity index (χ1n) is 5.93. The molecule has 0 saturated carbocycles. The summed E-state index contributed by atoms with van der Waals surface area (Å²) in [6, 6.07) is 5.44. The van der Waals surface area contributed by atoms with Crippen LogP contribution in [0.5, 0.6) is 0 Å². The minimum atomic E-state index is -0.273. The Morgan fingerprint density at radius 2 is 2.33 bits per heavy atom. The molecule has 0 spiro atoms. The van der Waals surface area contributed by atoms with Gasteiger partial charge in [0.05, 0.1) is 21.9 Å². The Morgan fingerprint density at radius 1 is 1.56 bits per heavy atom. The Balaban J connectivity index is 2.26. The van der Waals surface area contributed by atoms with E-state index in [0.29, 0.717) is 5.56 Å². The third kappa shape index (κ3) is 2.61. The van der Waals surface area contributed by atoms with E-state index in [9.17, 15) is 4.79 Å². The molecule has 1 unspecified atom stereocenters. The molecule has 1 atom stereocenters. The Morgan fingerprint density at radius 3 is 3.00 bits per heavy atom. The van der Waals surface area contributed by atoms with Gasteiger partial charge in [-0.15, -0.1) is 0 Å². The molecular weight excluding hydrogens is 248 g/mol. The topological polar surface area (TPSA) is 51.2 Å². The van der Waals surface area contributed by atoms with Crippen LogP contribution in [-0.2, 0) is 4.74 Å². The Bertz CT molecular complexity index is 565. The molecule has 0 radical (unpaired) electrons. The number of hydrogen-bond acceptors (Lipinski definition) is 5. The SMILES string of the molecule is CCC(C)OC(=O)c1ccc2nc(NC)sc2c1. The smallest absolute Gasteiger partial charge is 0.338 e. The number of carbonyl (C=O) groups excluding carboxylic acids is 1. The monoisotopic (exact) mass is 264 g/mol. The first-order valence-corrected chi connectivity index (χ1v) is 6.75. The van der Waals surface area contributed by atoms with Crippen molar-refractivity contribution in [1.82, 2.24) is 4.98 Å². The molecule has 18 heavy (non-hydrogen) atoms. The average molecular weight is 264 g/mol. The molecule has 1 heterocycles. The molecule has 2 rings (SSSR count). The second-order valence-corrected chi connectivity index (χ2v) is 5.11. The summed E-state index contributed by atoms with van der Waals surface area (Å²) in [6.45, 7) is 3.88. The van der Waals surface area contributed by atoms with Gasteiger partial charge in [0.25, 0.3) is 0 Å². The number of benzene rings is 1. The molecule has 4 nitrogen and oxygen atoms in total. The number of thiazole rings is 1. The maximum Gasteiger partial charge on any atom is 0.338 e. The molecule has 1 aromatic carbocycles. The highest BCUT2D eigenvalue weighted by Crippen LogP contribution is 2.26. The molecule has 0 bridgehead atoms. The number of rotatable bonds is 4. The fraction of sp³-hybridized carbons (Fsp3) is 0.385. The minimum absolute atomic E-state index is 0.0532. The highest BCUT2D eigenvalue weighted by molar-refractivity contribution is 7.22. The predicted octanol–water partition coefficient (Wildman–Crippen LogP) is 3.29. The molecule has 0 aliphatic rings. The zero-order valence-corrected chi connectivity index (χ0v) is 11.5. The molecule has 0 saturated heterocycles. The quantitative estimate of drug-likeness (QED) is 0.861. The molecule has 1 aromatic heterocycles. The van der Waals surface area contributed by atoms with E-state index in [2.05, 4.69) is 10.3 Å². The van der Waals surface area contributed by atoms with Gasteiger partial charge in [0.1, 0.15) is 0 Å². The van der Waals surface area contributed by atoms with Gasteiger partial charge in [0.15, 0.2) is 5.13 Å². The number of aromatic nitrogens is 1. The summed E-state index contributed by atoms with van der Waals surface area (Å²) < 4.78 is 6.28. The van der Waals surface area contributed by atoms with Crippen LogP contribution in [0, 0.1) is 0 Å². The molecule has 0 aliphatic heterocycles. The largest absolute Gasteiger partial charge is 0.459 e. The van der Waals surface area contributed by atoms with Gasteiger partial charge < -0.3 is 10.1 Å². The van der Waals surface area contributed by atoms with Crippen LogP contribution in [0.4, 0.5) is 5.13 Å². The summed E-state index contributed by atoms with van der Waals surface area (Å²) in [5.41, 5.74) is 1.47. The van der Waals surface area contributed by atoms with Gasteiger partial charge in [-0.3, -0.25) is 0 Å². The fourth-order valence-corrected chi connectivity index (χ4v) is 2.35. The molecule has 0 aliphatic carbocycles. The van der Waals surface area contributed by atoms with E-state index in [1.54, 1.807) is 6.07 Å². The zero-order valence-electron chi connectivity index (χ0n) is 10.7. The van der Waals surface area contributed by atoms with Crippen LogP contribution in [0.15, 0.2) is 18.2 Å². The van der Waals surface area contributed by atoms with Gasteiger partial charge in [0, 0.05) is 7.05 Å². The van der Waals surface area contributed by atoms with Crippen LogP contribution in [-0.4, -0.2) is 24.1 Å². The van der Waals surface area contributed by atoms with Crippen molar-refractivity contribution < 1.29 is 9.53 Å². The average Bonchev–Trinajstić information content (AvgIpc) is 2.80. The van der Waals surface area contributed by atoms with Crippen molar-refractivity contribution >= 4 is 32.7 Å². The van der Waals surface area contributed by atoms with Crippen molar-refractivity contribution in [2.75, 3.05) is 12.4 Å². The zero-order chi connectivity index (χ0) is 13.1. The molecule has 5 heteroatoms. The number of nitrogens with one attached hydrogen (secondary N) is 1. The standard InChI is InChI=1S/C13H16N2O2S/c1-4-8(2)17-12(16)9-5-6-10-11(7-9)18-13(14-3)15-10/h5-8H,4H2,1-3H3,(H,14,15). The molecule has 1 N–H and O–H groups in total. The number of carbonyl (C=O) groups is 1. The Kier molecular flexibility index (Phi) is 3.81. The lowest BCUT2D eigenvalue weighted by molar-refractivity contribution is 0.0335. The number of hydrogen-bond donors (Lipinski definition) is 1. The summed E-state index contributed by atoms with van der Waals surface area (Å²) in [6.07, 6.45) is 0.765. The van der Waals surface area contributed by atoms with Gasteiger partial charge in [-0.05, 0) is 31.5 Å². The normalized spacial score (nSPS) is 12.4. The third-order valence-corrected chi connectivity index (χ3v) is 3.76. The predicted molar refractivity (Wildman–Crippen MR) is 74.3 cm³/mol. The van der Waals surface area contributed by atoms with E-state index in [1.807, 2.05) is 33.0 Å². The van der Waals surface area contributed by atoms with Crippen LogP contribution in [0.25, 0.3) is 10.2 Å². The first-order chi connectivity index (χ1) is 8.63. The van der Waals surface area contributed by atoms with Crippen molar-refractivity contribution in [2.45, 2.75) is 26.4 Å². The maximum absolute atomic E-state index is 11.9. The molecule has 96 valence electrons. The van der Waals surface area contributed by atoms with E-state index >= 15 is 0 Å². The summed E-state index contributed by atoms with van der Waals surface area (Å²) >= 11 is 1.52. The Labute approximate surface area is 110 Å². The maximum atomic E-state index is 11.9. The van der Waals surface area contributed by atoms with Crippen molar-refractivity contribution in [3.63, 3.8) is 0 Å². The lowest BCUT2D eigenvalue weighted by atomic mass is 10.2. The highest BCUT2D eigenvalue weighted by Gasteiger charge is 2.12. The lowest BCUT2D eigenvalue weighted by Gasteiger charge is -2.10. The van der Waals surface area contributed by atoms with Crippen LogP contribution >= 0.6 is 11.3 Å². The number of fused-ring (bicyclic) bond motifs is 1. The van der Waals surface area contributed by atoms with Crippen molar-refractivity contribution in [1.29, 1.82) is 0 Å². The minimum Gasteiger partial charge on any atom is -0.459 e.